The molecule has 0 unspecified atom stereocenters. The van der Waals surface area contributed by atoms with Crippen molar-refractivity contribution in [2.75, 3.05) is 13.1 Å². The van der Waals surface area contributed by atoms with Crippen molar-refractivity contribution in [2.24, 2.45) is 0 Å². The number of amides is 1. The molecule has 1 fully saturated rings. The predicted octanol–water partition coefficient (Wildman–Crippen LogP) is 1.72. The lowest BCUT2D eigenvalue weighted by Crippen LogP contribution is -2.40. The first-order valence-corrected chi connectivity index (χ1v) is 7.19. The Balaban J connectivity index is 1.64. The molecule has 0 aliphatic carbocycles. The SMILES string of the molecule is Cc1nc([C@@H]2CCCN(C(=O)Cc3cccnc3)C2)no1. The van der Waals surface area contributed by atoms with E-state index in [1.54, 1.807) is 19.3 Å². The highest BCUT2D eigenvalue weighted by Gasteiger charge is 2.27. The minimum Gasteiger partial charge on any atom is -0.342 e. The van der Waals surface area contributed by atoms with Crippen LogP contribution in [0.2, 0.25) is 0 Å². The molecule has 3 rings (SSSR count). The lowest BCUT2D eigenvalue weighted by Gasteiger charge is -2.31. The summed E-state index contributed by atoms with van der Waals surface area (Å²) in [6.07, 6.45) is 5.81. The Labute approximate surface area is 123 Å². The molecule has 1 atom stereocenters. The number of piperidine rings is 1. The molecule has 0 aromatic carbocycles. The quantitative estimate of drug-likeness (QED) is 0.859. The van der Waals surface area contributed by atoms with Crippen molar-refractivity contribution in [1.82, 2.24) is 20.0 Å². The van der Waals surface area contributed by atoms with E-state index < -0.39 is 0 Å². The molecule has 1 amide bonds. The van der Waals surface area contributed by atoms with Crippen LogP contribution in [0.1, 0.15) is 36.0 Å². The number of aromatic nitrogens is 3. The number of hydrogen-bond donors (Lipinski definition) is 0. The van der Waals surface area contributed by atoms with Gasteiger partial charge >= 0.3 is 0 Å². The number of hydrogen-bond acceptors (Lipinski definition) is 5. The van der Waals surface area contributed by atoms with E-state index in [2.05, 4.69) is 15.1 Å². The highest BCUT2D eigenvalue weighted by Crippen LogP contribution is 2.25. The fraction of sp³-hybridized carbons (Fsp3) is 0.467. The van der Waals surface area contributed by atoms with Gasteiger partial charge in [0.1, 0.15) is 0 Å². The highest BCUT2D eigenvalue weighted by molar-refractivity contribution is 5.78. The van der Waals surface area contributed by atoms with Gasteiger partial charge in [-0.1, -0.05) is 11.2 Å². The molecule has 1 aliphatic rings. The fourth-order valence-electron chi connectivity index (χ4n) is 2.68. The number of carbonyl (C=O) groups is 1. The summed E-state index contributed by atoms with van der Waals surface area (Å²) in [5.74, 6) is 1.59. The average Bonchev–Trinajstić information content (AvgIpc) is 2.95. The summed E-state index contributed by atoms with van der Waals surface area (Å²) < 4.78 is 5.04. The molecule has 0 N–H and O–H groups in total. The normalized spacial score (nSPS) is 18.7. The van der Waals surface area contributed by atoms with Crippen molar-refractivity contribution in [1.29, 1.82) is 0 Å². The summed E-state index contributed by atoms with van der Waals surface area (Å²) in [7, 11) is 0. The van der Waals surface area contributed by atoms with Gasteiger partial charge in [-0.15, -0.1) is 0 Å². The second kappa shape index (κ2) is 6.03. The van der Waals surface area contributed by atoms with Gasteiger partial charge in [-0.3, -0.25) is 9.78 Å². The molecule has 0 spiro atoms. The van der Waals surface area contributed by atoms with Gasteiger partial charge in [-0.25, -0.2) is 0 Å². The lowest BCUT2D eigenvalue weighted by molar-refractivity contribution is -0.131. The van der Waals surface area contributed by atoms with Crippen LogP contribution in [0.25, 0.3) is 0 Å². The van der Waals surface area contributed by atoms with Gasteiger partial charge in [0.15, 0.2) is 5.82 Å². The molecule has 0 bridgehead atoms. The highest BCUT2D eigenvalue weighted by atomic mass is 16.5. The average molecular weight is 286 g/mol. The molecule has 1 aliphatic heterocycles. The first-order chi connectivity index (χ1) is 10.2. The third kappa shape index (κ3) is 3.26. The van der Waals surface area contributed by atoms with Crippen molar-refractivity contribution < 1.29 is 9.32 Å². The van der Waals surface area contributed by atoms with E-state index in [9.17, 15) is 4.79 Å². The second-order valence-corrected chi connectivity index (χ2v) is 5.39. The predicted molar refractivity (Wildman–Crippen MR) is 75.5 cm³/mol. The topological polar surface area (TPSA) is 72.1 Å². The molecule has 21 heavy (non-hydrogen) atoms. The molecule has 2 aromatic rings. The van der Waals surface area contributed by atoms with Crippen LogP contribution in [0.5, 0.6) is 0 Å². The summed E-state index contributed by atoms with van der Waals surface area (Å²) in [5, 5.41) is 3.98. The molecule has 1 saturated heterocycles. The fourth-order valence-corrected chi connectivity index (χ4v) is 2.68. The molecular weight excluding hydrogens is 268 g/mol. The Morgan fingerprint density at radius 3 is 3.14 bits per heavy atom. The monoisotopic (exact) mass is 286 g/mol. The van der Waals surface area contributed by atoms with E-state index in [1.807, 2.05) is 17.0 Å². The van der Waals surface area contributed by atoms with Crippen LogP contribution in [-0.4, -0.2) is 39.0 Å². The van der Waals surface area contributed by atoms with Crippen molar-refractivity contribution >= 4 is 5.91 Å². The van der Waals surface area contributed by atoms with Gasteiger partial charge in [0.2, 0.25) is 11.8 Å². The Morgan fingerprint density at radius 2 is 2.43 bits per heavy atom. The smallest absolute Gasteiger partial charge is 0.227 e. The van der Waals surface area contributed by atoms with Gasteiger partial charge in [0, 0.05) is 38.3 Å². The summed E-state index contributed by atoms with van der Waals surface area (Å²) in [4.78, 5) is 22.6. The molecule has 0 radical (unpaired) electrons. The van der Waals surface area contributed by atoms with Crippen molar-refractivity contribution in [3.05, 3.63) is 41.8 Å². The Kier molecular flexibility index (Phi) is 3.94. The van der Waals surface area contributed by atoms with E-state index in [0.29, 0.717) is 24.7 Å². The summed E-state index contributed by atoms with van der Waals surface area (Å²) in [5.41, 5.74) is 0.944. The zero-order chi connectivity index (χ0) is 14.7. The molecule has 6 heteroatoms. The Hall–Kier alpha value is -2.24. The minimum atomic E-state index is 0.132. The number of likely N-dealkylation sites (tertiary alicyclic amines) is 1. The number of nitrogens with zero attached hydrogens (tertiary/aromatic N) is 4. The van der Waals surface area contributed by atoms with Crippen LogP contribution >= 0.6 is 0 Å². The maximum atomic E-state index is 12.4. The maximum absolute atomic E-state index is 12.4. The molecule has 3 heterocycles. The van der Waals surface area contributed by atoms with E-state index in [1.165, 1.54) is 0 Å². The molecule has 110 valence electrons. The van der Waals surface area contributed by atoms with Gasteiger partial charge < -0.3 is 9.42 Å². The van der Waals surface area contributed by atoms with Gasteiger partial charge in [-0.2, -0.15) is 4.98 Å². The third-order valence-corrected chi connectivity index (χ3v) is 3.76. The van der Waals surface area contributed by atoms with Gasteiger partial charge in [-0.05, 0) is 24.5 Å². The minimum absolute atomic E-state index is 0.132. The van der Waals surface area contributed by atoms with E-state index in [4.69, 9.17) is 4.52 Å². The molecular formula is C15H18N4O2. The molecule has 6 nitrogen and oxygen atoms in total. The van der Waals surface area contributed by atoms with Crippen LogP contribution in [0.4, 0.5) is 0 Å². The first kappa shape index (κ1) is 13.7. The van der Waals surface area contributed by atoms with E-state index in [0.717, 1.165) is 24.9 Å². The molecule has 2 aromatic heterocycles. The third-order valence-electron chi connectivity index (χ3n) is 3.76. The maximum Gasteiger partial charge on any atom is 0.227 e. The Morgan fingerprint density at radius 1 is 1.52 bits per heavy atom. The number of rotatable bonds is 3. The number of carbonyl (C=O) groups excluding carboxylic acids is 1. The van der Waals surface area contributed by atoms with Crippen LogP contribution in [0.15, 0.2) is 29.0 Å². The number of aryl methyl sites for hydroxylation is 1. The number of pyridine rings is 1. The van der Waals surface area contributed by atoms with Crippen molar-refractivity contribution in [2.45, 2.75) is 32.1 Å². The Bertz CT molecular complexity index is 611. The van der Waals surface area contributed by atoms with Crippen molar-refractivity contribution in [3.8, 4) is 0 Å². The van der Waals surface area contributed by atoms with Crippen LogP contribution in [0, 0.1) is 6.92 Å². The summed E-state index contributed by atoms with van der Waals surface area (Å²) >= 11 is 0. The lowest BCUT2D eigenvalue weighted by atomic mass is 9.97. The van der Waals surface area contributed by atoms with E-state index >= 15 is 0 Å². The van der Waals surface area contributed by atoms with E-state index in [-0.39, 0.29) is 11.8 Å². The van der Waals surface area contributed by atoms with Gasteiger partial charge in [0.05, 0.1) is 6.42 Å². The molecule has 0 saturated carbocycles. The standard InChI is InChI=1S/C15H18N4O2/c1-11-17-15(18-21-11)13-5-3-7-19(10-13)14(20)8-12-4-2-6-16-9-12/h2,4,6,9,13H,3,5,7-8,10H2,1H3/t13-/m1/s1. The van der Waals surface area contributed by atoms with Crippen LogP contribution in [-0.2, 0) is 11.2 Å². The first-order valence-electron chi connectivity index (χ1n) is 7.19. The second-order valence-electron chi connectivity index (χ2n) is 5.39. The van der Waals surface area contributed by atoms with Gasteiger partial charge in [0.25, 0.3) is 0 Å². The van der Waals surface area contributed by atoms with Crippen LogP contribution < -0.4 is 0 Å². The van der Waals surface area contributed by atoms with Crippen LogP contribution in [0.3, 0.4) is 0 Å². The zero-order valence-corrected chi connectivity index (χ0v) is 12.0. The zero-order valence-electron chi connectivity index (χ0n) is 12.0. The summed E-state index contributed by atoms with van der Waals surface area (Å²) in [6.45, 7) is 3.25. The largest absolute Gasteiger partial charge is 0.342 e. The van der Waals surface area contributed by atoms with Crippen molar-refractivity contribution in [3.63, 3.8) is 0 Å². The summed E-state index contributed by atoms with van der Waals surface area (Å²) in [6, 6.07) is 3.78.